The van der Waals surface area contributed by atoms with Crippen LogP contribution in [0.1, 0.15) is 15.2 Å². The van der Waals surface area contributed by atoms with Crippen molar-refractivity contribution in [3.8, 4) is 5.75 Å². The van der Waals surface area contributed by atoms with E-state index in [0.717, 1.165) is 21.4 Å². The quantitative estimate of drug-likeness (QED) is 0.943. The molecule has 2 aromatic rings. The van der Waals surface area contributed by atoms with E-state index in [0.29, 0.717) is 18.9 Å². The van der Waals surface area contributed by atoms with Crippen LogP contribution in [-0.2, 0) is 6.54 Å². The Labute approximate surface area is 125 Å². The molecule has 0 bridgehead atoms. The monoisotopic (exact) mass is 309 g/mol. The molecule has 1 aromatic heterocycles. The number of hydrogen-bond acceptors (Lipinski definition) is 4. The summed E-state index contributed by atoms with van der Waals surface area (Å²) in [7, 11) is 0. The van der Waals surface area contributed by atoms with Crippen LogP contribution < -0.4 is 9.64 Å². The minimum Gasteiger partial charge on any atom is -0.489 e. The van der Waals surface area contributed by atoms with Gasteiger partial charge in [0.25, 0.3) is 0 Å². The topological polar surface area (TPSA) is 49.8 Å². The minimum atomic E-state index is -0.970. The molecule has 0 unspecified atom stereocenters. The van der Waals surface area contributed by atoms with Gasteiger partial charge in [-0.15, -0.1) is 11.3 Å². The lowest BCUT2D eigenvalue weighted by molar-refractivity contribution is 0.0692. The number of fused-ring (bicyclic) bond motifs is 1. The molecule has 1 aromatic carbocycles. The third-order valence-corrected chi connectivity index (χ3v) is 4.36. The molecule has 0 fully saturated rings. The molecule has 2 heterocycles. The van der Waals surface area contributed by atoms with Crippen LogP contribution in [-0.4, -0.2) is 24.2 Å². The average molecular weight is 310 g/mol. The fourth-order valence-electron chi connectivity index (χ4n) is 2.26. The Hall–Kier alpha value is -1.72. The zero-order chi connectivity index (χ0) is 14.1. The third kappa shape index (κ3) is 2.46. The van der Waals surface area contributed by atoms with Crippen LogP contribution in [0.2, 0.25) is 4.34 Å². The number of para-hydroxylation sites is 1. The van der Waals surface area contributed by atoms with Crippen molar-refractivity contribution in [3.05, 3.63) is 45.1 Å². The predicted octanol–water partition coefficient (Wildman–Crippen LogP) is 3.50. The molecular formula is C14H12ClNO3S. The Bertz CT molecular complexity index is 656. The zero-order valence-corrected chi connectivity index (χ0v) is 12.1. The molecule has 0 spiro atoms. The molecule has 1 aliphatic heterocycles. The van der Waals surface area contributed by atoms with Gasteiger partial charge in [-0.3, -0.25) is 0 Å². The number of aromatic carboxylic acids is 1. The maximum atomic E-state index is 11.2. The van der Waals surface area contributed by atoms with E-state index in [-0.39, 0.29) is 5.56 Å². The highest BCUT2D eigenvalue weighted by Gasteiger charge is 2.23. The van der Waals surface area contributed by atoms with Crippen molar-refractivity contribution in [3.63, 3.8) is 0 Å². The number of benzene rings is 1. The van der Waals surface area contributed by atoms with Gasteiger partial charge in [0.1, 0.15) is 12.2 Å². The van der Waals surface area contributed by atoms with Gasteiger partial charge in [0, 0.05) is 4.88 Å². The molecule has 1 N–H and O–H groups in total. The SMILES string of the molecule is O=C(O)c1cccc2c1OCCN2Cc1ccc(Cl)s1. The van der Waals surface area contributed by atoms with Crippen molar-refractivity contribution in [1.82, 2.24) is 0 Å². The van der Waals surface area contributed by atoms with Crippen molar-refractivity contribution in [2.75, 3.05) is 18.1 Å². The van der Waals surface area contributed by atoms with E-state index < -0.39 is 5.97 Å². The molecule has 20 heavy (non-hydrogen) atoms. The Morgan fingerprint density at radius 3 is 2.95 bits per heavy atom. The number of thiophene rings is 1. The molecule has 0 saturated heterocycles. The second-order valence-electron chi connectivity index (χ2n) is 4.43. The van der Waals surface area contributed by atoms with Crippen molar-refractivity contribution in [2.24, 2.45) is 0 Å². The minimum absolute atomic E-state index is 0.205. The van der Waals surface area contributed by atoms with E-state index in [1.165, 1.54) is 11.3 Å². The van der Waals surface area contributed by atoms with Gasteiger partial charge in [-0.05, 0) is 24.3 Å². The van der Waals surface area contributed by atoms with Crippen LogP contribution in [0, 0.1) is 0 Å². The van der Waals surface area contributed by atoms with Gasteiger partial charge < -0.3 is 14.7 Å². The van der Waals surface area contributed by atoms with Crippen molar-refractivity contribution in [1.29, 1.82) is 0 Å². The average Bonchev–Trinajstić information content (AvgIpc) is 2.84. The lowest BCUT2D eigenvalue weighted by atomic mass is 10.1. The summed E-state index contributed by atoms with van der Waals surface area (Å²) in [5.74, 6) is -0.517. The van der Waals surface area contributed by atoms with Crippen molar-refractivity contribution < 1.29 is 14.6 Å². The van der Waals surface area contributed by atoms with Gasteiger partial charge in [-0.1, -0.05) is 17.7 Å². The maximum Gasteiger partial charge on any atom is 0.339 e. The number of anilines is 1. The first-order chi connectivity index (χ1) is 9.65. The molecule has 4 nitrogen and oxygen atoms in total. The van der Waals surface area contributed by atoms with Gasteiger partial charge >= 0.3 is 5.97 Å². The van der Waals surface area contributed by atoms with Gasteiger partial charge in [-0.2, -0.15) is 0 Å². The Balaban J connectivity index is 1.94. The normalized spacial score (nSPS) is 13.8. The van der Waals surface area contributed by atoms with E-state index in [4.69, 9.17) is 16.3 Å². The first-order valence-corrected chi connectivity index (χ1v) is 7.33. The lowest BCUT2D eigenvalue weighted by Crippen LogP contribution is -2.32. The van der Waals surface area contributed by atoms with Gasteiger partial charge in [0.2, 0.25) is 0 Å². The van der Waals surface area contributed by atoms with E-state index in [9.17, 15) is 9.90 Å². The largest absolute Gasteiger partial charge is 0.489 e. The van der Waals surface area contributed by atoms with Gasteiger partial charge in [0.15, 0.2) is 5.75 Å². The molecule has 6 heteroatoms. The van der Waals surface area contributed by atoms with Crippen LogP contribution >= 0.6 is 22.9 Å². The van der Waals surface area contributed by atoms with Crippen LogP contribution in [0.4, 0.5) is 5.69 Å². The van der Waals surface area contributed by atoms with Crippen molar-refractivity contribution >= 4 is 34.6 Å². The first kappa shape index (κ1) is 13.3. The molecular weight excluding hydrogens is 298 g/mol. The Morgan fingerprint density at radius 2 is 2.25 bits per heavy atom. The molecule has 0 aliphatic carbocycles. The van der Waals surface area contributed by atoms with E-state index in [2.05, 4.69) is 4.90 Å². The van der Waals surface area contributed by atoms with Gasteiger partial charge in [0.05, 0.1) is 23.1 Å². The molecule has 0 saturated carbocycles. The van der Waals surface area contributed by atoms with Crippen LogP contribution in [0.15, 0.2) is 30.3 Å². The standard InChI is InChI=1S/C14H12ClNO3S/c15-12-5-4-9(20-12)8-16-6-7-19-13-10(14(17)18)2-1-3-11(13)16/h1-5H,6-8H2,(H,17,18). The predicted molar refractivity (Wildman–Crippen MR) is 79.3 cm³/mol. The fourth-order valence-corrected chi connectivity index (χ4v) is 3.36. The second-order valence-corrected chi connectivity index (χ2v) is 6.23. The van der Waals surface area contributed by atoms with E-state index >= 15 is 0 Å². The summed E-state index contributed by atoms with van der Waals surface area (Å²) >= 11 is 7.48. The highest BCUT2D eigenvalue weighted by atomic mass is 35.5. The highest BCUT2D eigenvalue weighted by Crippen LogP contribution is 2.36. The van der Waals surface area contributed by atoms with Crippen LogP contribution in [0.3, 0.4) is 0 Å². The van der Waals surface area contributed by atoms with E-state index in [1.807, 2.05) is 18.2 Å². The zero-order valence-electron chi connectivity index (χ0n) is 10.5. The number of carboxylic acid groups (broad SMARTS) is 1. The number of ether oxygens (including phenoxy) is 1. The van der Waals surface area contributed by atoms with Crippen LogP contribution in [0.25, 0.3) is 0 Å². The second kappa shape index (κ2) is 5.34. The Kier molecular flexibility index (Phi) is 3.54. The first-order valence-electron chi connectivity index (χ1n) is 6.13. The highest BCUT2D eigenvalue weighted by molar-refractivity contribution is 7.16. The summed E-state index contributed by atoms with van der Waals surface area (Å²) in [5.41, 5.74) is 1.03. The molecule has 0 amide bonds. The number of nitrogens with zero attached hydrogens (tertiary/aromatic N) is 1. The number of carboxylic acids is 1. The summed E-state index contributed by atoms with van der Waals surface area (Å²) in [6.45, 7) is 1.92. The van der Waals surface area contributed by atoms with Crippen molar-refractivity contribution in [2.45, 2.75) is 6.54 Å². The summed E-state index contributed by atoms with van der Waals surface area (Å²) in [6, 6.07) is 9.05. The Morgan fingerprint density at radius 1 is 1.40 bits per heavy atom. The third-order valence-electron chi connectivity index (χ3n) is 3.15. The molecule has 0 atom stereocenters. The summed E-state index contributed by atoms with van der Waals surface area (Å²) < 4.78 is 6.30. The summed E-state index contributed by atoms with van der Waals surface area (Å²) in [4.78, 5) is 14.5. The maximum absolute atomic E-state index is 11.2. The van der Waals surface area contributed by atoms with E-state index in [1.54, 1.807) is 12.1 Å². The number of halogens is 1. The lowest BCUT2D eigenvalue weighted by Gasteiger charge is -2.31. The molecule has 1 aliphatic rings. The molecule has 0 radical (unpaired) electrons. The number of carbonyl (C=O) groups is 1. The van der Waals surface area contributed by atoms with Gasteiger partial charge in [-0.25, -0.2) is 4.79 Å². The number of rotatable bonds is 3. The van der Waals surface area contributed by atoms with Crippen LogP contribution in [0.5, 0.6) is 5.75 Å². The molecule has 104 valence electrons. The smallest absolute Gasteiger partial charge is 0.339 e. The summed E-state index contributed by atoms with van der Waals surface area (Å²) in [5, 5.41) is 9.21. The number of hydrogen-bond donors (Lipinski definition) is 1. The summed E-state index contributed by atoms with van der Waals surface area (Å²) in [6.07, 6.45) is 0. The fraction of sp³-hybridized carbons (Fsp3) is 0.214. The molecule has 3 rings (SSSR count).